The zero-order chi connectivity index (χ0) is 14.7. The van der Waals surface area contributed by atoms with Gasteiger partial charge >= 0.3 is 131 Å². The van der Waals surface area contributed by atoms with Gasteiger partial charge in [0.1, 0.15) is 0 Å². The van der Waals surface area contributed by atoms with Crippen molar-refractivity contribution in [3.63, 3.8) is 0 Å². The Morgan fingerprint density at radius 2 is 1.19 bits per heavy atom. The molecule has 0 saturated carbocycles. The Morgan fingerprint density at radius 3 is 1.57 bits per heavy atom. The van der Waals surface area contributed by atoms with Crippen molar-refractivity contribution in [2.45, 2.75) is 6.92 Å². The minimum absolute atomic E-state index is 0.197. The third-order valence-corrected chi connectivity index (χ3v) is 8.65. The van der Waals surface area contributed by atoms with E-state index in [2.05, 4.69) is 36.4 Å². The molecule has 3 aromatic rings. The topological polar surface area (TPSA) is 26.3 Å². The van der Waals surface area contributed by atoms with Crippen molar-refractivity contribution in [2.24, 2.45) is 0 Å². The van der Waals surface area contributed by atoms with Crippen molar-refractivity contribution in [1.82, 2.24) is 0 Å². The third-order valence-electron chi connectivity index (χ3n) is 3.10. The standard InChI is InChI=1S/C18H15O2Te/c1-14(19)20-21-17(15-8-4-2-5-9-15)12-13-18(21)16-10-6-3-7-11-16/h2-13H,1H3/q+1. The van der Waals surface area contributed by atoms with Gasteiger partial charge in [-0.1, -0.05) is 0 Å². The summed E-state index contributed by atoms with van der Waals surface area (Å²) in [6.07, 6.45) is 0. The van der Waals surface area contributed by atoms with Gasteiger partial charge in [-0.15, -0.1) is 0 Å². The van der Waals surface area contributed by atoms with Crippen LogP contribution >= 0.6 is 0 Å². The van der Waals surface area contributed by atoms with Crippen molar-refractivity contribution in [1.29, 1.82) is 0 Å². The molecule has 0 unspecified atom stereocenters. The van der Waals surface area contributed by atoms with Crippen LogP contribution < -0.4 is 3.10 Å². The van der Waals surface area contributed by atoms with Crippen LogP contribution in [-0.2, 0) is 4.79 Å². The van der Waals surface area contributed by atoms with Gasteiger partial charge in [-0.25, -0.2) is 0 Å². The molecule has 2 aromatic carbocycles. The van der Waals surface area contributed by atoms with Crippen LogP contribution in [0.3, 0.4) is 0 Å². The van der Waals surface area contributed by atoms with Crippen molar-refractivity contribution >= 4 is 25.4 Å². The van der Waals surface area contributed by atoms with Gasteiger partial charge in [-0.05, 0) is 0 Å². The molecule has 0 aliphatic carbocycles. The molecule has 0 saturated heterocycles. The number of carbonyl (C=O) groups is 1. The van der Waals surface area contributed by atoms with Gasteiger partial charge in [0.15, 0.2) is 0 Å². The molecule has 0 atom stereocenters. The molecule has 3 rings (SSSR count). The first-order valence-corrected chi connectivity index (χ1v) is 10.00. The van der Waals surface area contributed by atoms with Gasteiger partial charge in [-0.3, -0.25) is 0 Å². The number of hydrogen-bond acceptors (Lipinski definition) is 2. The van der Waals surface area contributed by atoms with Gasteiger partial charge < -0.3 is 0 Å². The van der Waals surface area contributed by atoms with Crippen LogP contribution in [0.5, 0.6) is 0 Å². The van der Waals surface area contributed by atoms with Gasteiger partial charge in [0.05, 0.1) is 0 Å². The average molecular weight is 391 g/mol. The quantitative estimate of drug-likeness (QED) is 0.637. The summed E-state index contributed by atoms with van der Waals surface area (Å²) in [5.74, 6) is -0.197. The Balaban J connectivity index is 2.14. The van der Waals surface area contributed by atoms with E-state index in [0.29, 0.717) is 0 Å². The molecule has 0 fully saturated rings. The fraction of sp³-hybridized carbons (Fsp3) is 0.0556. The van der Waals surface area contributed by atoms with Crippen molar-refractivity contribution < 1.29 is 7.90 Å². The fourth-order valence-electron chi connectivity index (χ4n) is 2.21. The molecular weight excluding hydrogens is 376 g/mol. The predicted octanol–water partition coefficient (Wildman–Crippen LogP) is 3.74. The van der Waals surface area contributed by atoms with E-state index < -0.39 is 19.5 Å². The first-order valence-electron chi connectivity index (χ1n) is 6.72. The maximum atomic E-state index is 11.5. The molecule has 0 aliphatic rings. The number of rotatable bonds is 3. The van der Waals surface area contributed by atoms with Gasteiger partial charge in [-0.2, -0.15) is 0 Å². The third kappa shape index (κ3) is 3.10. The second-order valence-corrected chi connectivity index (χ2v) is 9.16. The second-order valence-electron chi connectivity index (χ2n) is 4.64. The second kappa shape index (κ2) is 6.30. The molecule has 104 valence electrons. The maximum absolute atomic E-state index is 11.5. The summed E-state index contributed by atoms with van der Waals surface area (Å²) in [4.78, 5) is 11.5. The molecule has 2 nitrogen and oxygen atoms in total. The van der Waals surface area contributed by atoms with Crippen LogP contribution in [0.4, 0.5) is 0 Å². The normalized spacial score (nSPS) is 10.3. The molecule has 1 aromatic heterocycles. The zero-order valence-corrected chi connectivity index (χ0v) is 14.0. The molecule has 0 bridgehead atoms. The first-order chi connectivity index (χ1) is 10.3. The summed E-state index contributed by atoms with van der Waals surface area (Å²) in [7, 11) is 0. The van der Waals surface area contributed by atoms with E-state index in [4.69, 9.17) is 3.10 Å². The number of carbonyl (C=O) groups excluding carboxylic acids is 1. The Hall–Kier alpha value is -1.82. The summed E-state index contributed by atoms with van der Waals surface area (Å²) >= 11 is -2.31. The molecule has 0 radical (unpaired) electrons. The van der Waals surface area contributed by atoms with Crippen molar-refractivity contribution in [3.8, 4) is 18.3 Å². The van der Waals surface area contributed by atoms with E-state index in [1.165, 1.54) is 14.1 Å². The summed E-state index contributed by atoms with van der Waals surface area (Å²) in [5, 5.41) is 0. The molecule has 0 amide bonds. The van der Waals surface area contributed by atoms with Crippen molar-refractivity contribution in [2.75, 3.05) is 0 Å². The van der Waals surface area contributed by atoms with Crippen LogP contribution in [0.15, 0.2) is 72.8 Å². The Bertz CT molecular complexity index is 688. The minimum atomic E-state index is -2.31. The molecule has 21 heavy (non-hydrogen) atoms. The first kappa shape index (κ1) is 14.1. The van der Waals surface area contributed by atoms with E-state index in [0.717, 1.165) is 11.1 Å². The summed E-state index contributed by atoms with van der Waals surface area (Å²) in [5.41, 5.74) is 2.30. The number of hydrogen-bond donors (Lipinski definition) is 0. The molecule has 0 spiro atoms. The summed E-state index contributed by atoms with van der Waals surface area (Å²) < 4.78 is 8.12. The van der Waals surface area contributed by atoms with Crippen LogP contribution in [0.1, 0.15) is 6.92 Å². The van der Waals surface area contributed by atoms with E-state index in [-0.39, 0.29) is 5.97 Å². The fourth-order valence-corrected chi connectivity index (χ4v) is 7.16. The molecule has 0 N–H and O–H groups in total. The predicted molar refractivity (Wildman–Crippen MR) is 86.1 cm³/mol. The summed E-state index contributed by atoms with van der Waals surface area (Å²) in [6, 6.07) is 24.6. The Morgan fingerprint density at radius 1 is 0.762 bits per heavy atom. The molecule has 0 aliphatic heterocycles. The van der Waals surface area contributed by atoms with Crippen molar-refractivity contribution in [3.05, 3.63) is 72.8 Å². The van der Waals surface area contributed by atoms with E-state index in [1.54, 1.807) is 0 Å². The van der Waals surface area contributed by atoms with Crippen LogP contribution in [0.2, 0.25) is 0 Å². The zero-order valence-electron chi connectivity index (χ0n) is 11.7. The Kier molecular flexibility index (Phi) is 4.24. The molecule has 3 heteroatoms. The van der Waals surface area contributed by atoms with E-state index >= 15 is 0 Å². The average Bonchev–Trinajstić information content (AvgIpc) is 2.92. The van der Waals surface area contributed by atoms with Gasteiger partial charge in [0, 0.05) is 0 Å². The van der Waals surface area contributed by atoms with Crippen LogP contribution in [0.25, 0.3) is 18.3 Å². The SMILES string of the molecule is CC(=O)O[te+]1c(-c2ccccc2)ccc1-c1ccccc1. The monoisotopic (exact) mass is 393 g/mol. The van der Waals surface area contributed by atoms with Crippen LogP contribution in [0, 0.1) is 0 Å². The van der Waals surface area contributed by atoms with Crippen LogP contribution in [-0.4, -0.2) is 25.4 Å². The molecule has 1 heterocycles. The number of benzene rings is 2. The Labute approximate surface area is 131 Å². The molecular formula is C18H15O2Te+. The van der Waals surface area contributed by atoms with E-state index in [1.807, 2.05) is 36.4 Å². The van der Waals surface area contributed by atoms with E-state index in [9.17, 15) is 4.79 Å². The van der Waals surface area contributed by atoms with Gasteiger partial charge in [0.25, 0.3) is 0 Å². The summed E-state index contributed by atoms with van der Waals surface area (Å²) in [6.45, 7) is 1.49. The van der Waals surface area contributed by atoms with Gasteiger partial charge in [0.2, 0.25) is 0 Å².